The zero-order valence-electron chi connectivity index (χ0n) is 16.1. The van der Waals surface area contributed by atoms with Gasteiger partial charge in [0.1, 0.15) is 0 Å². The maximum atomic E-state index is 12.3. The lowest BCUT2D eigenvalue weighted by Crippen LogP contribution is -2.14. The van der Waals surface area contributed by atoms with Crippen molar-refractivity contribution in [1.29, 1.82) is 0 Å². The summed E-state index contributed by atoms with van der Waals surface area (Å²) in [5.41, 5.74) is 5.46. The van der Waals surface area contributed by atoms with Crippen LogP contribution in [-0.2, 0) is 17.6 Å². The van der Waals surface area contributed by atoms with Gasteiger partial charge in [-0.2, -0.15) is 0 Å². The number of nitrogens with one attached hydrogen (secondary N) is 1. The molecule has 3 aromatic carbocycles. The summed E-state index contributed by atoms with van der Waals surface area (Å²) in [6.07, 6.45) is 0.773. The summed E-state index contributed by atoms with van der Waals surface area (Å²) < 4.78 is 5.55. The van der Waals surface area contributed by atoms with E-state index < -0.39 is 0 Å². The van der Waals surface area contributed by atoms with Crippen LogP contribution in [0.2, 0.25) is 0 Å². The van der Waals surface area contributed by atoms with Crippen LogP contribution >= 0.6 is 0 Å². The van der Waals surface area contributed by atoms with Gasteiger partial charge in [0.25, 0.3) is 0 Å². The Bertz CT molecular complexity index is 1090. The highest BCUT2D eigenvalue weighted by Gasteiger charge is 2.11. The summed E-state index contributed by atoms with van der Waals surface area (Å²) in [6, 6.07) is 26.3. The Labute approximate surface area is 169 Å². The third kappa shape index (κ3) is 4.96. The summed E-state index contributed by atoms with van der Waals surface area (Å²) in [4.78, 5) is 12.3. The molecule has 0 saturated carbocycles. The Hall–Kier alpha value is -3.73. The molecule has 4 aromatic rings. The Morgan fingerprint density at radius 3 is 2.21 bits per heavy atom. The molecule has 0 radical (unpaired) electrons. The largest absolute Gasteiger partial charge is 0.407 e. The van der Waals surface area contributed by atoms with E-state index in [2.05, 4.69) is 27.6 Å². The Kier molecular flexibility index (Phi) is 5.47. The van der Waals surface area contributed by atoms with Gasteiger partial charge in [-0.15, -0.1) is 5.10 Å². The molecule has 1 amide bonds. The Morgan fingerprint density at radius 1 is 0.828 bits per heavy atom. The molecule has 1 heterocycles. The number of hydrogen-bond donors (Lipinski definition) is 1. The van der Waals surface area contributed by atoms with Crippen LogP contribution in [0.3, 0.4) is 0 Å². The van der Waals surface area contributed by atoms with Gasteiger partial charge in [-0.05, 0) is 29.2 Å². The average molecular weight is 383 g/mol. The monoisotopic (exact) mass is 383 g/mol. The molecular formula is C24H21N3O2. The second-order valence-electron chi connectivity index (χ2n) is 6.95. The van der Waals surface area contributed by atoms with Crippen LogP contribution in [0.4, 0.5) is 6.01 Å². The fraction of sp³-hybridized carbons (Fsp3) is 0.125. The molecule has 0 aliphatic carbocycles. The molecule has 1 aromatic heterocycles. The van der Waals surface area contributed by atoms with Gasteiger partial charge in [0.2, 0.25) is 11.8 Å². The summed E-state index contributed by atoms with van der Waals surface area (Å²) >= 11 is 0. The molecule has 0 aliphatic heterocycles. The van der Waals surface area contributed by atoms with Gasteiger partial charge in [-0.3, -0.25) is 10.1 Å². The highest BCUT2D eigenvalue weighted by atomic mass is 16.4. The first-order valence-electron chi connectivity index (χ1n) is 9.48. The predicted molar refractivity (Wildman–Crippen MR) is 112 cm³/mol. The predicted octanol–water partition coefficient (Wildman–Crippen LogP) is 4.82. The number of aromatic nitrogens is 2. The van der Waals surface area contributed by atoms with Crippen molar-refractivity contribution in [2.24, 2.45) is 0 Å². The molecule has 0 aliphatic rings. The minimum atomic E-state index is -0.192. The van der Waals surface area contributed by atoms with Crippen molar-refractivity contribution in [2.45, 2.75) is 19.8 Å². The molecule has 4 rings (SSSR count). The number of aryl methyl sites for hydroxylation is 1. The van der Waals surface area contributed by atoms with Crippen molar-refractivity contribution in [3.05, 3.63) is 101 Å². The van der Waals surface area contributed by atoms with E-state index in [9.17, 15) is 4.79 Å². The number of amides is 1. The summed E-state index contributed by atoms with van der Waals surface area (Å²) in [7, 11) is 0. The normalized spacial score (nSPS) is 10.7. The number of benzene rings is 3. The van der Waals surface area contributed by atoms with Crippen molar-refractivity contribution >= 4 is 11.9 Å². The third-order valence-electron chi connectivity index (χ3n) is 4.61. The third-order valence-corrected chi connectivity index (χ3v) is 4.61. The number of hydrogen-bond acceptors (Lipinski definition) is 4. The topological polar surface area (TPSA) is 68.0 Å². The number of rotatable bonds is 6. The first-order chi connectivity index (χ1) is 14.2. The molecule has 0 bridgehead atoms. The van der Waals surface area contributed by atoms with Crippen LogP contribution in [0.15, 0.2) is 83.3 Å². The average Bonchev–Trinajstić information content (AvgIpc) is 3.17. The number of carbonyl (C=O) groups is 1. The molecular weight excluding hydrogens is 362 g/mol. The van der Waals surface area contributed by atoms with Crippen molar-refractivity contribution in [3.8, 4) is 11.1 Å². The standard InChI is InChI=1S/C24H21N3O2/c1-17-7-9-19(10-8-17)16-23-26-27-24(29-23)25-22(28)15-18-11-13-21(14-12-18)20-5-3-2-4-6-20/h2-14H,15-16H2,1H3,(H,25,27,28). The summed E-state index contributed by atoms with van der Waals surface area (Å²) in [5, 5.41) is 10.6. The second kappa shape index (κ2) is 8.52. The lowest BCUT2D eigenvalue weighted by molar-refractivity contribution is -0.115. The van der Waals surface area contributed by atoms with E-state index in [4.69, 9.17) is 4.42 Å². The molecule has 0 spiro atoms. The molecule has 0 fully saturated rings. The van der Waals surface area contributed by atoms with E-state index in [-0.39, 0.29) is 18.3 Å². The number of carbonyl (C=O) groups excluding carboxylic acids is 1. The smallest absolute Gasteiger partial charge is 0.322 e. The van der Waals surface area contributed by atoms with Crippen molar-refractivity contribution < 1.29 is 9.21 Å². The Morgan fingerprint density at radius 2 is 1.48 bits per heavy atom. The molecule has 144 valence electrons. The van der Waals surface area contributed by atoms with Crippen LogP contribution in [0.25, 0.3) is 11.1 Å². The van der Waals surface area contributed by atoms with Crippen molar-refractivity contribution in [3.63, 3.8) is 0 Å². The van der Waals surface area contributed by atoms with Crippen LogP contribution < -0.4 is 5.32 Å². The van der Waals surface area contributed by atoms with Gasteiger partial charge >= 0.3 is 6.01 Å². The molecule has 0 unspecified atom stereocenters. The molecule has 5 heteroatoms. The zero-order valence-corrected chi connectivity index (χ0v) is 16.1. The Balaban J connectivity index is 1.34. The summed E-state index contributed by atoms with van der Waals surface area (Å²) in [6.45, 7) is 2.04. The van der Waals surface area contributed by atoms with Crippen LogP contribution in [0.1, 0.15) is 22.6 Å². The highest BCUT2D eigenvalue weighted by molar-refractivity contribution is 5.90. The van der Waals surface area contributed by atoms with Gasteiger partial charge in [0, 0.05) is 0 Å². The van der Waals surface area contributed by atoms with E-state index in [1.165, 1.54) is 5.56 Å². The van der Waals surface area contributed by atoms with Gasteiger partial charge < -0.3 is 4.42 Å². The van der Waals surface area contributed by atoms with Crippen LogP contribution in [0.5, 0.6) is 0 Å². The molecule has 0 atom stereocenters. The van der Waals surface area contributed by atoms with Gasteiger partial charge in [0.05, 0.1) is 12.8 Å². The number of anilines is 1. The minimum Gasteiger partial charge on any atom is -0.407 e. The second-order valence-corrected chi connectivity index (χ2v) is 6.95. The minimum absolute atomic E-state index is 0.123. The quantitative estimate of drug-likeness (QED) is 0.518. The summed E-state index contributed by atoms with van der Waals surface area (Å²) in [5.74, 6) is 0.277. The van der Waals surface area contributed by atoms with Crippen molar-refractivity contribution in [2.75, 3.05) is 5.32 Å². The fourth-order valence-corrected chi connectivity index (χ4v) is 3.05. The van der Waals surface area contributed by atoms with E-state index in [0.29, 0.717) is 12.3 Å². The van der Waals surface area contributed by atoms with Gasteiger partial charge in [0.15, 0.2) is 0 Å². The first-order valence-corrected chi connectivity index (χ1v) is 9.48. The maximum Gasteiger partial charge on any atom is 0.322 e. The lowest BCUT2D eigenvalue weighted by atomic mass is 10.0. The van der Waals surface area contributed by atoms with Gasteiger partial charge in [-0.25, -0.2) is 0 Å². The first kappa shape index (κ1) is 18.6. The zero-order chi connectivity index (χ0) is 20.1. The molecule has 5 nitrogen and oxygen atoms in total. The van der Waals surface area contributed by atoms with Crippen molar-refractivity contribution in [1.82, 2.24) is 10.2 Å². The highest BCUT2D eigenvalue weighted by Crippen LogP contribution is 2.19. The SMILES string of the molecule is Cc1ccc(Cc2nnc(NC(=O)Cc3ccc(-c4ccccc4)cc3)o2)cc1. The molecule has 1 N–H and O–H groups in total. The van der Waals surface area contributed by atoms with Gasteiger partial charge in [-0.1, -0.05) is 89.5 Å². The fourth-order valence-electron chi connectivity index (χ4n) is 3.05. The molecule has 0 saturated heterocycles. The lowest BCUT2D eigenvalue weighted by Gasteiger charge is -2.04. The van der Waals surface area contributed by atoms with E-state index in [1.807, 2.05) is 73.7 Å². The van der Waals surface area contributed by atoms with E-state index >= 15 is 0 Å². The maximum absolute atomic E-state index is 12.3. The molecule has 29 heavy (non-hydrogen) atoms. The number of nitrogens with zero attached hydrogens (tertiary/aromatic N) is 2. The van der Waals surface area contributed by atoms with E-state index in [0.717, 1.165) is 22.3 Å². The van der Waals surface area contributed by atoms with E-state index in [1.54, 1.807) is 0 Å². The van der Waals surface area contributed by atoms with Crippen LogP contribution in [-0.4, -0.2) is 16.1 Å². The van der Waals surface area contributed by atoms with Crippen LogP contribution in [0, 0.1) is 6.92 Å².